The fourth-order valence-corrected chi connectivity index (χ4v) is 4.77. The van der Waals surface area contributed by atoms with Crippen LogP contribution in [0.3, 0.4) is 0 Å². The Hall–Kier alpha value is -2.86. The van der Waals surface area contributed by atoms with Crippen LogP contribution in [0.4, 0.5) is 0 Å². The molecule has 0 saturated carbocycles. The van der Waals surface area contributed by atoms with E-state index in [9.17, 15) is 0 Å². The largest absolute Gasteiger partial charge is 0.0839 e. The third-order valence-corrected chi connectivity index (χ3v) is 5.84. The first kappa shape index (κ1) is 15.4. The molecule has 0 spiro atoms. The third kappa shape index (κ3) is 2.02. The molecule has 0 heteroatoms. The fourth-order valence-electron chi connectivity index (χ4n) is 4.77. The molecule has 1 atom stereocenters. The van der Waals surface area contributed by atoms with Gasteiger partial charge in [-0.3, -0.25) is 0 Å². The van der Waals surface area contributed by atoms with Crippen molar-refractivity contribution in [3.8, 4) is 11.1 Å². The molecule has 3 aromatic rings. The summed E-state index contributed by atoms with van der Waals surface area (Å²) >= 11 is 0. The van der Waals surface area contributed by atoms with E-state index in [0.29, 0.717) is 0 Å². The molecule has 126 valence electrons. The Labute approximate surface area is 155 Å². The molecule has 5 rings (SSSR count). The van der Waals surface area contributed by atoms with Crippen molar-refractivity contribution >= 4 is 0 Å². The van der Waals surface area contributed by atoms with Gasteiger partial charge in [-0.1, -0.05) is 96.6 Å². The highest BCUT2D eigenvalue weighted by atomic mass is 14.5. The summed E-state index contributed by atoms with van der Waals surface area (Å²) in [5.74, 6) is 0. The monoisotopic (exact) mass is 334 g/mol. The molecule has 0 fully saturated rings. The summed E-state index contributed by atoms with van der Waals surface area (Å²) in [6, 6.07) is 26.9. The molecule has 0 radical (unpaired) electrons. The summed E-state index contributed by atoms with van der Waals surface area (Å²) in [4.78, 5) is 0. The molecule has 2 aliphatic carbocycles. The number of hydrogen-bond donors (Lipinski definition) is 0. The molecular weight excluding hydrogens is 312 g/mol. The van der Waals surface area contributed by atoms with E-state index in [1.807, 2.05) is 0 Å². The first-order valence-electron chi connectivity index (χ1n) is 9.45. The van der Waals surface area contributed by atoms with Gasteiger partial charge in [0.15, 0.2) is 0 Å². The van der Waals surface area contributed by atoms with Gasteiger partial charge in [0.2, 0.25) is 0 Å². The lowest BCUT2D eigenvalue weighted by molar-refractivity contribution is 0.751. The minimum absolute atomic E-state index is 0.211. The van der Waals surface area contributed by atoms with Crippen LogP contribution in [-0.4, -0.2) is 0 Å². The standard InChI is InChI=1S/C26H22/c1-19-16-17-25-23(18-19)22-14-8-9-15-24(22)26(25,20-10-4-2-5-11-20)21-12-6-3-7-13-21/h2,4-6,8-18H,3,7H2,1H3. The zero-order valence-electron chi connectivity index (χ0n) is 15.1. The quantitative estimate of drug-likeness (QED) is 0.496. The first-order valence-corrected chi connectivity index (χ1v) is 9.45. The molecule has 0 amide bonds. The maximum atomic E-state index is 2.44. The zero-order chi connectivity index (χ0) is 17.6. The number of allylic oxidation sites excluding steroid dienone is 4. The Kier molecular flexibility index (Phi) is 3.46. The van der Waals surface area contributed by atoms with Crippen molar-refractivity contribution in [1.82, 2.24) is 0 Å². The van der Waals surface area contributed by atoms with Crippen molar-refractivity contribution in [2.75, 3.05) is 0 Å². The maximum absolute atomic E-state index is 2.44. The van der Waals surface area contributed by atoms with E-state index in [0.717, 1.165) is 12.8 Å². The molecule has 0 nitrogen and oxygen atoms in total. The Morgan fingerprint density at radius 1 is 0.731 bits per heavy atom. The zero-order valence-corrected chi connectivity index (χ0v) is 15.1. The summed E-state index contributed by atoms with van der Waals surface area (Å²) in [5, 5.41) is 0. The molecule has 0 heterocycles. The van der Waals surface area contributed by atoms with Gasteiger partial charge in [-0.2, -0.15) is 0 Å². The van der Waals surface area contributed by atoms with Crippen molar-refractivity contribution in [2.24, 2.45) is 0 Å². The maximum Gasteiger partial charge on any atom is 0.0710 e. The van der Waals surface area contributed by atoms with Gasteiger partial charge in [0.1, 0.15) is 0 Å². The minimum Gasteiger partial charge on any atom is -0.0839 e. The normalized spacial score (nSPS) is 20.4. The van der Waals surface area contributed by atoms with E-state index in [-0.39, 0.29) is 5.41 Å². The van der Waals surface area contributed by atoms with E-state index < -0.39 is 0 Å². The van der Waals surface area contributed by atoms with Crippen LogP contribution < -0.4 is 0 Å². The van der Waals surface area contributed by atoms with E-state index in [4.69, 9.17) is 0 Å². The van der Waals surface area contributed by atoms with Crippen LogP contribution in [0.25, 0.3) is 11.1 Å². The lowest BCUT2D eigenvalue weighted by atomic mass is 9.66. The Morgan fingerprint density at radius 3 is 2.31 bits per heavy atom. The van der Waals surface area contributed by atoms with Crippen LogP contribution in [0.2, 0.25) is 0 Å². The number of aryl methyl sites for hydroxylation is 1. The summed E-state index contributed by atoms with van der Waals surface area (Å²) in [6.07, 6.45) is 9.37. The Bertz CT molecular complexity index is 1040. The van der Waals surface area contributed by atoms with E-state index in [2.05, 4.69) is 97.9 Å². The number of rotatable bonds is 2. The first-order chi connectivity index (χ1) is 12.8. The lowest BCUT2D eigenvalue weighted by Gasteiger charge is -2.35. The molecule has 26 heavy (non-hydrogen) atoms. The van der Waals surface area contributed by atoms with Crippen LogP contribution >= 0.6 is 0 Å². The van der Waals surface area contributed by atoms with Gasteiger partial charge in [-0.15, -0.1) is 0 Å². The van der Waals surface area contributed by atoms with Gasteiger partial charge in [0.25, 0.3) is 0 Å². The van der Waals surface area contributed by atoms with Gasteiger partial charge in [-0.25, -0.2) is 0 Å². The SMILES string of the molecule is Cc1ccc2c(c1)-c1ccccc1C2(C1=CCCC=C1)c1ccccc1. The smallest absolute Gasteiger partial charge is 0.0710 e. The molecule has 0 saturated heterocycles. The highest BCUT2D eigenvalue weighted by Gasteiger charge is 2.46. The van der Waals surface area contributed by atoms with Crippen LogP contribution in [0.1, 0.15) is 35.1 Å². The second kappa shape index (κ2) is 5.85. The van der Waals surface area contributed by atoms with E-state index in [1.54, 1.807) is 0 Å². The minimum atomic E-state index is -0.211. The molecule has 0 aliphatic heterocycles. The van der Waals surface area contributed by atoms with E-state index in [1.165, 1.54) is 39.0 Å². The molecule has 1 unspecified atom stereocenters. The second-order valence-corrected chi connectivity index (χ2v) is 7.35. The summed E-state index contributed by atoms with van der Waals surface area (Å²) in [6.45, 7) is 2.19. The molecule has 2 aliphatic rings. The fraction of sp³-hybridized carbons (Fsp3) is 0.154. The molecule has 0 bridgehead atoms. The second-order valence-electron chi connectivity index (χ2n) is 7.35. The highest BCUT2D eigenvalue weighted by molar-refractivity contribution is 5.87. The molecule has 0 N–H and O–H groups in total. The van der Waals surface area contributed by atoms with Crippen LogP contribution in [-0.2, 0) is 5.41 Å². The van der Waals surface area contributed by atoms with Crippen LogP contribution in [0.5, 0.6) is 0 Å². The molecule has 3 aromatic carbocycles. The summed E-state index contributed by atoms with van der Waals surface area (Å²) in [7, 11) is 0. The molecular formula is C26H22. The predicted octanol–water partition coefficient (Wildman–Crippen LogP) is 6.59. The van der Waals surface area contributed by atoms with Crippen molar-refractivity contribution in [3.63, 3.8) is 0 Å². The average molecular weight is 334 g/mol. The van der Waals surface area contributed by atoms with Gasteiger partial charge in [-0.05, 0) is 53.2 Å². The summed E-state index contributed by atoms with van der Waals surface area (Å²) < 4.78 is 0. The average Bonchev–Trinajstić information content (AvgIpc) is 3.00. The van der Waals surface area contributed by atoms with Gasteiger partial charge >= 0.3 is 0 Å². The van der Waals surface area contributed by atoms with Crippen molar-refractivity contribution in [1.29, 1.82) is 0 Å². The van der Waals surface area contributed by atoms with Gasteiger partial charge < -0.3 is 0 Å². The Balaban J connectivity index is 1.94. The number of hydrogen-bond acceptors (Lipinski definition) is 0. The third-order valence-electron chi connectivity index (χ3n) is 5.84. The summed E-state index contributed by atoms with van der Waals surface area (Å²) in [5.41, 5.74) is 9.43. The Morgan fingerprint density at radius 2 is 1.50 bits per heavy atom. The van der Waals surface area contributed by atoms with Crippen LogP contribution in [0, 0.1) is 6.92 Å². The van der Waals surface area contributed by atoms with Gasteiger partial charge in [0, 0.05) is 0 Å². The van der Waals surface area contributed by atoms with E-state index >= 15 is 0 Å². The number of benzene rings is 3. The van der Waals surface area contributed by atoms with Crippen molar-refractivity contribution in [3.05, 3.63) is 119 Å². The van der Waals surface area contributed by atoms with Crippen LogP contribution in [0.15, 0.2) is 96.6 Å². The predicted molar refractivity (Wildman–Crippen MR) is 109 cm³/mol. The number of fused-ring (bicyclic) bond motifs is 3. The van der Waals surface area contributed by atoms with Crippen molar-refractivity contribution in [2.45, 2.75) is 25.2 Å². The topological polar surface area (TPSA) is 0 Å². The molecule has 0 aromatic heterocycles. The highest BCUT2D eigenvalue weighted by Crippen LogP contribution is 2.57. The van der Waals surface area contributed by atoms with Crippen molar-refractivity contribution < 1.29 is 0 Å². The van der Waals surface area contributed by atoms with Gasteiger partial charge in [0.05, 0.1) is 5.41 Å². The lowest BCUT2D eigenvalue weighted by Crippen LogP contribution is -2.29.